The van der Waals surface area contributed by atoms with E-state index in [1.807, 2.05) is 61.5 Å². The zero-order valence-electron chi connectivity index (χ0n) is 19.4. The molecule has 35 heavy (non-hydrogen) atoms. The molecular formula is C28H24N2O5. The van der Waals surface area contributed by atoms with Crippen LogP contribution in [0.25, 0.3) is 22.1 Å². The van der Waals surface area contributed by atoms with Crippen LogP contribution in [0, 0.1) is 0 Å². The van der Waals surface area contributed by atoms with Crippen molar-refractivity contribution in [1.29, 1.82) is 0 Å². The molecule has 0 bridgehead atoms. The van der Waals surface area contributed by atoms with Crippen molar-refractivity contribution in [2.75, 3.05) is 25.5 Å². The molecule has 7 heteroatoms. The van der Waals surface area contributed by atoms with Gasteiger partial charge >= 0.3 is 11.6 Å². The van der Waals surface area contributed by atoms with Gasteiger partial charge in [-0.2, -0.15) is 0 Å². The zero-order valence-corrected chi connectivity index (χ0v) is 19.4. The van der Waals surface area contributed by atoms with Gasteiger partial charge < -0.3 is 19.3 Å². The first-order chi connectivity index (χ1) is 16.8. The third-order valence-corrected chi connectivity index (χ3v) is 6.48. The summed E-state index contributed by atoms with van der Waals surface area (Å²) in [5, 5.41) is 9.94. The van der Waals surface area contributed by atoms with E-state index in [1.54, 1.807) is 4.90 Å². The fourth-order valence-electron chi connectivity index (χ4n) is 4.51. The number of hydrogen-bond acceptors (Lipinski definition) is 5. The molecule has 0 unspecified atom stereocenters. The molecule has 0 fully saturated rings. The maximum absolute atomic E-state index is 13.0. The standard InChI is InChI=1S/C28H24N2O5/c1-29(2)21-10-7-17(8-11-21)20-9-12-23-22-13-14-30(16-24(22)28(34)35-25(23)15-20)26(31)18-3-5-19(6-4-18)27(32)33/h3-12,15H,13-14,16H2,1-2H3,(H,32,33). The van der Waals surface area contributed by atoms with Crippen molar-refractivity contribution in [2.45, 2.75) is 13.0 Å². The number of amides is 1. The summed E-state index contributed by atoms with van der Waals surface area (Å²) in [5.41, 5.74) is 5.09. The third kappa shape index (κ3) is 4.17. The summed E-state index contributed by atoms with van der Waals surface area (Å²) in [6.07, 6.45) is 0.535. The first kappa shape index (κ1) is 22.4. The molecule has 1 aromatic heterocycles. The van der Waals surface area contributed by atoms with Gasteiger partial charge in [0.15, 0.2) is 0 Å². The number of fused-ring (bicyclic) bond motifs is 3. The molecule has 1 amide bonds. The van der Waals surface area contributed by atoms with Gasteiger partial charge in [0.1, 0.15) is 5.58 Å². The molecule has 7 nitrogen and oxygen atoms in total. The van der Waals surface area contributed by atoms with Crippen LogP contribution < -0.4 is 10.5 Å². The average Bonchev–Trinajstić information content (AvgIpc) is 2.88. The lowest BCUT2D eigenvalue weighted by Gasteiger charge is -2.28. The maximum Gasteiger partial charge on any atom is 0.341 e. The highest BCUT2D eigenvalue weighted by Crippen LogP contribution is 2.30. The van der Waals surface area contributed by atoms with Crippen molar-refractivity contribution in [1.82, 2.24) is 4.90 Å². The van der Waals surface area contributed by atoms with Crippen molar-refractivity contribution in [2.24, 2.45) is 0 Å². The van der Waals surface area contributed by atoms with E-state index in [4.69, 9.17) is 9.52 Å². The lowest BCUT2D eigenvalue weighted by Crippen LogP contribution is -2.38. The largest absolute Gasteiger partial charge is 0.478 e. The predicted octanol–water partition coefficient (Wildman–Crippen LogP) is 4.42. The van der Waals surface area contributed by atoms with E-state index in [1.165, 1.54) is 24.3 Å². The first-order valence-corrected chi connectivity index (χ1v) is 11.3. The van der Waals surface area contributed by atoms with E-state index in [9.17, 15) is 14.4 Å². The SMILES string of the molecule is CN(C)c1ccc(-c2ccc3c4c(c(=O)oc3c2)CN(C(=O)c2ccc(C(=O)O)cc2)CC4)cc1. The minimum absolute atomic E-state index is 0.116. The summed E-state index contributed by atoms with van der Waals surface area (Å²) in [6, 6.07) is 19.9. The monoisotopic (exact) mass is 468 g/mol. The van der Waals surface area contributed by atoms with Crippen molar-refractivity contribution < 1.29 is 19.1 Å². The molecular weight excluding hydrogens is 444 g/mol. The van der Waals surface area contributed by atoms with Crippen LogP contribution in [-0.2, 0) is 13.0 Å². The Balaban J connectivity index is 1.44. The molecule has 1 N–H and O–H groups in total. The number of hydrogen-bond donors (Lipinski definition) is 1. The van der Waals surface area contributed by atoms with Crippen LogP contribution in [0.3, 0.4) is 0 Å². The zero-order chi connectivity index (χ0) is 24.7. The number of nitrogens with zero attached hydrogens (tertiary/aromatic N) is 2. The van der Waals surface area contributed by atoms with Gasteiger partial charge in [-0.05, 0) is 65.6 Å². The molecule has 2 heterocycles. The Labute approximate surface area is 201 Å². The van der Waals surface area contributed by atoms with Crippen molar-refractivity contribution in [3.63, 3.8) is 0 Å². The summed E-state index contributed by atoms with van der Waals surface area (Å²) >= 11 is 0. The Kier molecular flexibility index (Phi) is 5.61. The summed E-state index contributed by atoms with van der Waals surface area (Å²) in [5.74, 6) is -1.29. The van der Waals surface area contributed by atoms with Crippen LogP contribution >= 0.6 is 0 Å². The fourth-order valence-corrected chi connectivity index (χ4v) is 4.51. The van der Waals surface area contributed by atoms with Gasteiger partial charge in [-0.1, -0.05) is 24.3 Å². The number of carbonyl (C=O) groups excluding carboxylic acids is 1. The Morgan fingerprint density at radius 1 is 0.886 bits per heavy atom. The molecule has 3 aromatic carbocycles. The number of anilines is 1. The summed E-state index contributed by atoms with van der Waals surface area (Å²) in [6.45, 7) is 0.611. The number of rotatable bonds is 4. The summed E-state index contributed by atoms with van der Waals surface area (Å²) in [4.78, 5) is 40.6. The lowest BCUT2D eigenvalue weighted by molar-refractivity contribution is 0.0692. The van der Waals surface area contributed by atoms with E-state index in [2.05, 4.69) is 0 Å². The molecule has 0 radical (unpaired) electrons. The van der Waals surface area contributed by atoms with Crippen LogP contribution in [-0.4, -0.2) is 42.5 Å². The molecule has 0 spiro atoms. The molecule has 0 atom stereocenters. The number of aromatic carboxylic acids is 1. The molecule has 0 aliphatic carbocycles. The van der Waals surface area contributed by atoms with Crippen molar-refractivity contribution in [3.8, 4) is 11.1 Å². The molecule has 4 aromatic rings. The Morgan fingerprint density at radius 3 is 2.20 bits per heavy atom. The Morgan fingerprint density at radius 2 is 1.54 bits per heavy atom. The van der Waals surface area contributed by atoms with Gasteiger partial charge in [0.25, 0.3) is 5.91 Å². The van der Waals surface area contributed by atoms with Gasteiger partial charge in [-0.3, -0.25) is 4.79 Å². The molecule has 1 aliphatic heterocycles. The van der Waals surface area contributed by atoms with Gasteiger partial charge in [0, 0.05) is 37.3 Å². The number of carboxylic acid groups (broad SMARTS) is 1. The van der Waals surface area contributed by atoms with Crippen molar-refractivity contribution in [3.05, 3.63) is 99.4 Å². The quantitative estimate of drug-likeness (QED) is 0.446. The topological polar surface area (TPSA) is 91.1 Å². The Hall–Kier alpha value is -4.39. The van der Waals surface area contributed by atoms with Gasteiger partial charge in [0.05, 0.1) is 17.7 Å². The maximum atomic E-state index is 13.0. The van der Waals surface area contributed by atoms with E-state index < -0.39 is 11.6 Å². The van der Waals surface area contributed by atoms with E-state index in [-0.39, 0.29) is 18.0 Å². The van der Waals surface area contributed by atoms with E-state index in [0.717, 1.165) is 27.8 Å². The molecule has 0 saturated heterocycles. The normalized spacial score (nSPS) is 12.9. The highest BCUT2D eigenvalue weighted by Gasteiger charge is 2.26. The second-order valence-electron chi connectivity index (χ2n) is 8.86. The van der Waals surface area contributed by atoms with Gasteiger partial charge in [-0.25, -0.2) is 9.59 Å². The molecule has 1 aliphatic rings. The first-order valence-electron chi connectivity index (χ1n) is 11.3. The third-order valence-electron chi connectivity index (χ3n) is 6.48. The Bertz CT molecular complexity index is 1500. The molecule has 5 rings (SSSR count). The second-order valence-corrected chi connectivity index (χ2v) is 8.86. The molecule has 176 valence electrons. The predicted molar refractivity (Wildman–Crippen MR) is 134 cm³/mol. The average molecular weight is 469 g/mol. The van der Waals surface area contributed by atoms with Crippen LogP contribution in [0.4, 0.5) is 5.69 Å². The summed E-state index contributed by atoms with van der Waals surface area (Å²) < 4.78 is 5.69. The fraction of sp³-hybridized carbons (Fsp3) is 0.179. The minimum Gasteiger partial charge on any atom is -0.478 e. The van der Waals surface area contributed by atoms with Crippen LogP contribution in [0.15, 0.2) is 75.9 Å². The van der Waals surface area contributed by atoms with Crippen molar-refractivity contribution >= 4 is 28.5 Å². The highest BCUT2D eigenvalue weighted by atomic mass is 16.4. The van der Waals surface area contributed by atoms with E-state index in [0.29, 0.717) is 29.7 Å². The number of carbonyl (C=O) groups is 2. The van der Waals surface area contributed by atoms with Crippen LogP contribution in [0.5, 0.6) is 0 Å². The highest BCUT2D eigenvalue weighted by molar-refractivity contribution is 5.96. The van der Waals surface area contributed by atoms with E-state index >= 15 is 0 Å². The molecule has 0 saturated carbocycles. The van der Waals surface area contributed by atoms with Gasteiger partial charge in [0.2, 0.25) is 0 Å². The lowest BCUT2D eigenvalue weighted by atomic mass is 9.95. The summed E-state index contributed by atoms with van der Waals surface area (Å²) in [7, 11) is 3.99. The van der Waals surface area contributed by atoms with Crippen LogP contribution in [0.2, 0.25) is 0 Å². The van der Waals surface area contributed by atoms with Gasteiger partial charge in [-0.15, -0.1) is 0 Å². The second kappa shape index (κ2) is 8.76. The number of carboxylic acids is 1. The number of benzene rings is 3. The smallest absolute Gasteiger partial charge is 0.341 e. The minimum atomic E-state index is -1.05. The van der Waals surface area contributed by atoms with Crippen LogP contribution in [0.1, 0.15) is 31.8 Å².